The Morgan fingerprint density at radius 2 is 1.76 bits per heavy atom. The van der Waals surface area contributed by atoms with Gasteiger partial charge in [0.1, 0.15) is 0 Å². The smallest absolute Gasteiger partial charge is 0.317 e. The van der Waals surface area contributed by atoms with E-state index in [2.05, 4.69) is 19.2 Å². The standard InChI is InChI=1S/C16H30N2O3/c1-5-15(6-2)9-10-18(12-15)14(21)17-11-16(7-3,8-4)13(19)20/h5-12H2,1-4H3,(H,17,21)(H,19,20). The third-order valence-electron chi connectivity index (χ3n) is 5.61. The molecular formula is C16H30N2O3. The molecule has 0 aromatic rings. The number of nitrogens with zero attached hydrogens (tertiary/aromatic N) is 1. The van der Waals surface area contributed by atoms with Crippen LogP contribution in [-0.4, -0.2) is 41.6 Å². The van der Waals surface area contributed by atoms with Gasteiger partial charge in [0.2, 0.25) is 0 Å². The molecule has 21 heavy (non-hydrogen) atoms. The summed E-state index contributed by atoms with van der Waals surface area (Å²) in [7, 11) is 0. The van der Waals surface area contributed by atoms with Crippen molar-refractivity contribution < 1.29 is 14.7 Å². The summed E-state index contributed by atoms with van der Waals surface area (Å²) in [5.41, 5.74) is -0.598. The largest absolute Gasteiger partial charge is 0.481 e. The van der Waals surface area contributed by atoms with Crippen LogP contribution in [0.3, 0.4) is 0 Å². The highest BCUT2D eigenvalue weighted by Crippen LogP contribution is 2.37. The first kappa shape index (κ1) is 17.8. The molecule has 1 aliphatic rings. The third-order valence-corrected chi connectivity index (χ3v) is 5.61. The molecule has 5 nitrogen and oxygen atoms in total. The van der Waals surface area contributed by atoms with Crippen LogP contribution in [0.25, 0.3) is 0 Å². The van der Waals surface area contributed by atoms with Gasteiger partial charge in [0, 0.05) is 19.6 Å². The molecule has 0 radical (unpaired) electrons. The van der Waals surface area contributed by atoms with Crippen LogP contribution in [0.1, 0.15) is 59.8 Å². The van der Waals surface area contributed by atoms with Crippen molar-refractivity contribution in [1.29, 1.82) is 0 Å². The van der Waals surface area contributed by atoms with Gasteiger partial charge in [-0.15, -0.1) is 0 Å². The summed E-state index contributed by atoms with van der Waals surface area (Å²) in [4.78, 5) is 25.6. The summed E-state index contributed by atoms with van der Waals surface area (Å²) in [5, 5.41) is 12.2. The fourth-order valence-corrected chi connectivity index (χ4v) is 3.17. The monoisotopic (exact) mass is 298 g/mol. The molecule has 0 atom stereocenters. The van der Waals surface area contributed by atoms with Crippen LogP contribution in [-0.2, 0) is 4.79 Å². The average Bonchev–Trinajstić information content (AvgIpc) is 2.93. The average molecular weight is 298 g/mol. The summed E-state index contributed by atoms with van der Waals surface area (Å²) in [6, 6.07) is -0.119. The van der Waals surface area contributed by atoms with Gasteiger partial charge in [-0.25, -0.2) is 4.79 Å². The maximum Gasteiger partial charge on any atom is 0.317 e. The Kier molecular flexibility index (Phi) is 6.05. The van der Waals surface area contributed by atoms with Crippen LogP contribution in [0.5, 0.6) is 0 Å². The number of likely N-dealkylation sites (tertiary alicyclic amines) is 1. The Balaban J connectivity index is 2.61. The lowest BCUT2D eigenvalue weighted by Crippen LogP contribution is -2.47. The number of carboxylic acid groups (broad SMARTS) is 1. The second-order valence-electron chi connectivity index (χ2n) is 6.33. The first-order valence-corrected chi connectivity index (χ1v) is 8.14. The van der Waals surface area contributed by atoms with E-state index in [1.807, 2.05) is 18.7 Å². The number of carbonyl (C=O) groups excluding carboxylic acids is 1. The van der Waals surface area contributed by atoms with E-state index in [0.717, 1.165) is 32.4 Å². The Labute approximate surface area is 128 Å². The summed E-state index contributed by atoms with van der Waals surface area (Å²) in [5.74, 6) is -0.828. The van der Waals surface area contributed by atoms with Crippen molar-refractivity contribution in [3.05, 3.63) is 0 Å². The Bertz CT molecular complexity index is 374. The predicted molar refractivity (Wildman–Crippen MR) is 83.3 cm³/mol. The van der Waals surface area contributed by atoms with Crippen LogP contribution in [0.2, 0.25) is 0 Å². The highest BCUT2D eigenvalue weighted by Gasteiger charge is 2.39. The number of aliphatic carboxylic acids is 1. The van der Waals surface area contributed by atoms with Gasteiger partial charge in [0.05, 0.1) is 5.41 Å². The van der Waals surface area contributed by atoms with Crippen molar-refractivity contribution in [2.45, 2.75) is 59.8 Å². The van der Waals surface area contributed by atoms with Crippen molar-refractivity contribution >= 4 is 12.0 Å². The van der Waals surface area contributed by atoms with E-state index in [4.69, 9.17) is 0 Å². The molecule has 1 fully saturated rings. The van der Waals surface area contributed by atoms with Crippen LogP contribution in [0, 0.1) is 10.8 Å². The van der Waals surface area contributed by atoms with Gasteiger partial charge < -0.3 is 15.3 Å². The Hall–Kier alpha value is -1.26. The van der Waals surface area contributed by atoms with Crippen LogP contribution >= 0.6 is 0 Å². The minimum absolute atomic E-state index is 0.119. The van der Waals surface area contributed by atoms with Gasteiger partial charge >= 0.3 is 12.0 Å². The molecule has 1 saturated heterocycles. The highest BCUT2D eigenvalue weighted by atomic mass is 16.4. The van der Waals surface area contributed by atoms with Crippen LogP contribution in [0.15, 0.2) is 0 Å². The van der Waals surface area contributed by atoms with Gasteiger partial charge in [-0.3, -0.25) is 4.79 Å². The van der Waals surface area contributed by atoms with Crippen LogP contribution < -0.4 is 5.32 Å². The quantitative estimate of drug-likeness (QED) is 0.758. The maximum atomic E-state index is 12.3. The number of carboxylic acids is 1. The van der Waals surface area contributed by atoms with Crippen molar-refractivity contribution in [1.82, 2.24) is 10.2 Å². The van der Waals surface area contributed by atoms with E-state index in [0.29, 0.717) is 12.8 Å². The minimum Gasteiger partial charge on any atom is -0.481 e. The molecule has 0 aliphatic carbocycles. The zero-order valence-electron chi connectivity index (χ0n) is 13.9. The number of hydrogen-bond donors (Lipinski definition) is 2. The summed E-state index contributed by atoms with van der Waals surface area (Å²) in [6.45, 7) is 9.83. The fraction of sp³-hybridized carbons (Fsp3) is 0.875. The summed E-state index contributed by atoms with van der Waals surface area (Å²) in [6.07, 6.45) is 4.24. The molecule has 2 N–H and O–H groups in total. The molecule has 5 heteroatoms. The first-order chi connectivity index (χ1) is 9.88. The summed E-state index contributed by atoms with van der Waals surface area (Å²) < 4.78 is 0. The zero-order valence-corrected chi connectivity index (χ0v) is 13.9. The molecule has 0 aromatic carbocycles. The molecular weight excluding hydrogens is 268 g/mol. The summed E-state index contributed by atoms with van der Waals surface area (Å²) >= 11 is 0. The first-order valence-electron chi connectivity index (χ1n) is 8.14. The van der Waals surface area contributed by atoms with Gasteiger partial charge in [-0.2, -0.15) is 0 Å². The maximum absolute atomic E-state index is 12.3. The van der Waals surface area contributed by atoms with Crippen molar-refractivity contribution in [3.8, 4) is 0 Å². The van der Waals surface area contributed by atoms with E-state index in [1.165, 1.54) is 0 Å². The topological polar surface area (TPSA) is 69.6 Å². The van der Waals surface area contributed by atoms with Gasteiger partial charge in [0.25, 0.3) is 0 Å². The number of rotatable bonds is 7. The van der Waals surface area contributed by atoms with E-state index >= 15 is 0 Å². The Morgan fingerprint density at radius 3 is 2.14 bits per heavy atom. The lowest BCUT2D eigenvalue weighted by Gasteiger charge is -2.29. The molecule has 0 unspecified atom stereocenters. The number of nitrogens with one attached hydrogen (secondary N) is 1. The van der Waals surface area contributed by atoms with Crippen molar-refractivity contribution in [2.24, 2.45) is 10.8 Å². The van der Waals surface area contributed by atoms with Gasteiger partial charge in [-0.05, 0) is 37.5 Å². The zero-order chi connectivity index (χ0) is 16.1. The number of hydrogen-bond acceptors (Lipinski definition) is 2. The van der Waals surface area contributed by atoms with E-state index in [-0.39, 0.29) is 18.0 Å². The lowest BCUT2D eigenvalue weighted by atomic mass is 9.82. The molecule has 0 bridgehead atoms. The number of carbonyl (C=O) groups is 2. The molecule has 122 valence electrons. The minimum atomic E-state index is -0.845. The predicted octanol–water partition coefficient (Wildman–Crippen LogP) is 3.10. The lowest BCUT2D eigenvalue weighted by molar-refractivity contribution is -0.149. The normalized spacial score (nSPS) is 17.8. The molecule has 0 spiro atoms. The van der Waals surface area contributed by atoms with Gasteiger partial charge in [-0.1, -0.05) is 27.7 Å². The molecule has 1 rings (SSSR count). The van der Waals surface area contributed by atoms with E-state index < -0.39 is 11.4 Å². The second-order valence-corrected chi connectivity index (χ2v) is 6.33. The highest BCUT2D eigenvalue weighted by molar-refractivity contribution is 5.78. The third kappa shape index (κ3) is 3.69. The van der Waals surface area contributed by atoms with Gasteiger partial charge in [0.15, 0.2) is 0 Å². The molecule has 1 heterocycles. The van der Waals surface area contributed by atoms with Crippen LogP contribution in [0.4, 0.5) is 4.79 Å². The van der Waals surface area contributed by atoms with E-state index in [9.17, 15) is 14.7 Å². The molecule has 0 aromatic heterocycles. The molecule has 1 aliphatic heterocycles. The molecule has 0 saturated carbocycles. The second kappa shape index (κ2) is 7.14. The number of amides is 2. The number of urea groups is 1. The SMILES string of the molecule is CCC1(CC)CCN(C(=O)NCC(CC)(CC)C(=O)O)C1. The van der Waals surface area contributed by atoms with Crippen molar-refractivity contribution in [2.75, 3.05) is 19.6 Å². The molecule has 2 amide bonds. The van der Waals surface area contributed by atoms with Crippen molar-refractivity contribution in [3.63, 3.8) is 0 Å². The fourth-order valence-electron chi connectivity index (χ4n) is 3.17. The Morgan fingerprint density at radius 1 is 1.19 bits per heavy atom. The van der Waals surface area contributed by atoms with E-state index in [1.54, 1.807) is 0 Å².